The van der Waals surface area contributed by atoms with Crippen molar-refractivity contribution in [3.63, 3.8) is 0 Å². The highest BCUT2D eigenvalue weighted by molar-refractivity contribution is 6.34. The van der Waals surface area contributed by atoms with E-state index < -0.39 is 0 Å². The van der Waals surface area contributed by atoms with Gasteiger partial charge in [0.15, 0.2) is 5.65 Å². The third-order valence-corrected chi connectivity index (χ3v) is 5.98. The van der Waals surface area contributed by atoms with Crippen LogP contribution in [0.2, 0.25) is 5.02 Å². The summed E-state index contributed by atoms with van der Waals surface area (Å²) in [7, 11) is 0. The summed E-state index contributed by atoms with van der Waals surface area (Å²) in [4.78, 5) is 7.22. The lowest BCUT2D eigenvalue weighted by Crippen LogP contribution is -2.44. The van der Waals surface area contributed by atoms with Gasteiger partial charge in [0.25, 0.3) is 0 Å². The summed E-state index contributed by atoms with van der Waals surface area (Å²) in [5, 5.41) is 9.66. The predicted octanol–water partition coefficient (Wildman–Crippen LogP) is 4.16. The van der Waals surface area contributed by atoms with E-state index in [0.29, 0.717) is 17.2 Å². The van der Waals surface area contributed by atoms with Crippen LogP contribution < -0.4 is 5.32 Å². The van der Waals surface area contributed by atoms with Gasteiger partial charge in [0, 0.05) is 31.6 Å². The Hall–Kier alpha value is -2.67. The first-order chi connectivity index (χ1) is 14.7. The standard InChI is InChI=1S/C23H24ClN5O/c1-16-21(24)23-26-22(19-9-5-6-10-20(19)29(23)27-16)25-13-18-15-28(11-12-30-18)14-17-7-3-2-4-8-17/h2-10,18H,11-15H2,1H3,(H,25,26)/t18-/m1/s1. The van der Waals surface area contributed by atoms with E-state index >= 15 is 0 Å². The van der Waals surface area contributed by atoms with E-state index in [-0.39, 0.29) is 6.10 Å². The van der Waals surface area contributed by atoms with Gasteiger partial charge in [-0.25, -0.2) is 9.50 Å². The maximum Gasteiger partial charge on any atom is 0.176 e. The van der Waals surface area contributed by atoms with E-state index in [1.165, 1.54) is 5.56 Å². The van der Waals surface area contributed by atoms with Crippen LogP contribution in [0, 0.1) is 6.92 Å². The van der Waals surface area contributed by atoms with Crippen LogP contribution in [0.4, 0.5) is 5.82 Å². The molecule has 5 rings (SSSR count). The Labute approximate surface area is 180 Å². The normalized spacial score (nSPS) is 17.6. The summed E-state index contributed by atoms with van der Waals surface area (Å²) >= 11 is 6.45. The molecule has 6 nitrogen and oxygen atoms in total. The van der Waals surface area contributed by atoms with Gasteiger partial charge in [0.05, 0.1) is 23.9 Å². The van der Waals surface area contributed by atoms with Gasteiger partial charge < -0.3 is 10.1 Å². The van der Waals surface area contributed by atoms with Crippen molar-refractivity contribution in [2.24, 2.45) is 0 Å². The predicted molar refractivity (Wildman–Crippen MR) is 120 cm³/mol. The molecular formula is C23H24ClN5O. The molecule has 4 aromatic rings. The molecule has 1 fully saturated rings. The highest BCUT2D eigenvalue weighted by Gasteiger charge is 2.21. The quantitative estimate of drug-likeness (QED) is 0.524. The fourth-order valence-corrected chi connectivity index (χ4v) is 4.18. The molecule has 0 spiro atoms. The number of ether oxygens (including phenoxy) is 1. The number of aryl methyl sites for hydroxylation is 1. The average Bonchev–Trinajstić information content (AvgIpc) is 3.07. The first-order valence-corrected chi connectivity index (χ1v) is 10.6. The maximum absolute atomic E-state index is 6.45. The SMILES string of the molecule is Cc1nn2c(nc(NC[C@@H]3CN(Cc4ccccc4)CCO3)c3ccccc32)c1Cl. The van der Waals surface area contributed by atoms with E-state index in [4.69, 9.17) is 21.3 Å². The lowest BCUT2D eigenvalue weighted by Gasteiger charge is -2.33. The first kappa shape index (κ1) is 19.3. The Balaban J connectivity index is 1.35. The third-order valence-electron chi connectivity index (χ3n) is 5.54. The minimum absolute atomic E-state index is 0.0985. The largest absolute Gasteiger partial charge is 0.374 e. The Morgan fingerprint density at radius 1 is 1.13 bits per heavy atom. The van der Waals surface area contributed by atoms with Crippen LogP contribution in [0.1, 0.15) is 11.3 Å². The second-order valence-electron chi connectivity index (χ2n) is 7.71. The minimum atomic E-state index is 0.0985. The van der Waals surface area contributed by atoms with Crippen LogP contribution in [0.15, 0.2) is 54.6 Å². The molecule has 154 valence electrons. The van der Waals surface area contributed by atoms with Crippen molar-refractivity contribution in [3.05, 3.63) is 70.9 Å². The second-order valence-corrected chi connectivity index (χ2v) is 8.08. The van der Waals surface area contributed by atoms with Crippen molar-refractivity contribution in [1.29, 1.82) is 0 Å². The van der Waals surface area contributed by atoms with Gasteiger partial charge in [-0.15, -0.1) is 0 Å². The minimum Gasteiger partial charge on any atom is -0.374 e. The zero-order chi connectivity index (χ0) is 20.5. The fourth-order valence-electron chi connectivity index (χ4n) is 4.02. The molecule has 1 atom stereocenters. The number of aromatic nitrogens is 3. The zero-order valence-corrected chi connectivity index (χ0v) is 17.6. The molecule has 2 aromatic heterocycles. The van der Waals surface area contributed by atoms with Crippen molar-refractivity contribution >= 4 is 34.0 Å². The number of halogens is 1. The summed E-state index contributed by atoms with van der Waals surface area (Å²) in [6.07, 6.45) is 0.0985. The van der Waals surface area contributed by atoms with Crippen molar-refractivity contribution in [2.75, 3.05) is 31.6 Å². The van der Waals surface area contributed by atoms with Gasteiger partial charge in [-0.3, -0.25) is 4.90 Å². The number of benzene rings is 2. The molecule has 0 radical (unpaired) electrons. The number of para-hydroxylation sites is 1. The molecule has 1 N–H and O–H groups in total. The Bertz CT molecular complexity index is 1180. The van der Waals surface area contributed by atoms with Crippen LogP contribution in [0.5, 0.6) is 0 Å². The monoisotopic (exact) mass is 421 g/mol. The summed E-state index contributed by atoms with van der Waals surface area (Å²) < 4.78 is 7.84. The smallest absolute Gasteiger partial charge is 0.176 e. The number of fused-ring (bicyclic) bond motifs is 3. The van der Waals surface area contributed by atoms with Crippen LogP contribution in [0.25, 0.3) is 16.6 Å². The molecule has 0 unspecified atom stereocenters. The second kappa shape index (κ2) is 8.22. The highest BCUT2D eigenvalue weighted by Crippen LogP contribution is 2.28. The number of anilines is 1. The average molecular weight is 422 g/mol. The van der Waals surface area contributed by atoms with Gasteiger partial charge in [-0.1, -0.05) is 54.1 Å². The number of nitrogens with one attached hydrogen (secondary N) is 1. The fraction of sp³-hybridized carbons (Fsp3) is 0.304. The summed E-state index contributed by atoms with van der Waals surface area (Å²) in [5.74, 6) is 0.809. The van der Waals surface area contributed by atoms with Crippen LogP contribution in [0.3, 0.4) is 0 Å². The Morgan fingerprint density at radius 2 is 1.93 bits per heavy atom. The summed E-state index contributed by atoms with van der Waals surface area (Å²) in [5.41, 5.74) is 3.76. The van der Waals surface area contributed by atoms with E-state index in [0.717, 1.165) is 48.7 Å². The van der Waals surface area contributed by atoms with Crippen molar-refractivity contribution in [3.8, 4) is 0 Å². The first-order valence-electron chi connectivity index (χ1n) is 10.2. The summed E-state index contributed by atoms with van der Waals surface area (Å²) in [6, 6.07) is 18.7. The summed E-state index contributed by atoms with van der Waals surface area (Å²) in [6.45, 7) is 6.09. The molecule has 1 aliphatic rings. The number of rotatable bonds is 5. The van der Waals surface area contributed by atoms with Crippen LogP contribution in [-0.4, -0.2) is 51.8 Å². The number of morpholine rings is 1. The third kappa shape index (κ3) is 3.74. The number of hydrogen-bond acceptors (Lipinski definition) is 5. The molecular weight excluding hydrogens is 398 g/mol. The van der Waals surface area contributed by atoms with Crippen LogP contribution in [-0.2, 0) is 11.3 Å². The molecule has 7 heteroatoms. The lowest BCUT2D eigenvalue weighted by molar-refractivity contribution is -0.0240. The van der Waals surface area contributed by atoms with Crippen LogP contribution >= 0.6 is 11.6 Å². The highest BCUT2D eigenvalue weighted by atomic mass is 35.5. The number of nitrogens with zero attached hydrogens (tertiary/aromatic N) is 4. The van der Waals surface area contributed by atoms with E-state index in [1.54, 1.807) is 0 Å². The zero-order valence-electron chi connectivity index (χ0n) is 16.9. The lowest BCUT2D eigenvalue weighted by atomic mass is 10.2. The van der Waals surface area contributed by atoms with Crippen molar-refractivity contribution < 1.29 is 4.74 Å². The Morgan fingerprint density at radius 3 is 2.80 bits per heavy atom. The molecule has 30 heavy (non-hydrogen) atoms. The van der Waals surface area contributed by atoms with E-state index in [1.807, 2.05) is 29.6 Å². The van der Waals surface area contributed by atoms with Gasteiger partial charge in [0.2, 0.25) is 0 Å². The number of hydrogen-bond donors (Lipinski definition) is 1. The molecule has 1 saturated heterocycles. The Kier molecular flexibility index (Phi) is 5.29. The molecule has 0 saturated carbocycles. The molecule has 0 aliphatic carbocycles. The van der Waals surface area contributed by atoms with E-state index in [2.05, 4.69) is 51.7 Å². The van der Waals surface area contributed by atoms with Crippen molar-refractivity contribution in [1.82, 2.24) is 19.5 Å². The molecule has 0 amide bonds. The molecule has 0 bridgehead atoms. The molecule has 2 aromatic carbocycles. The van der Waals surface area contributed by atoms with Gasteiger partial charge >= 0.3 is 0 Å². The van der Waals surface area contributed by atoms with Gasteiger partial charge in [-0.2, -0.15) is 5.10 Å². The topological polar surface area (TPSA) is 54.7 Å². The molecule has 3 heterocycles. The van der Waals surface area contributed by atoms with Crippen molar-refractivity contribution in [2.45, 2.75) is 19.6 Å². The van der Waals surface area contributed by atoms with Gasteiger partial charge in [-0.05, 0) is 24.6 Å². The van der Waals surface area contributed by atoms with Gasteiger partial charge in [0.1, 0.15) is 10.8 Å². The molecule has 1 aliphatic heterocycles. The maximum atomic E-state index is 6.45. The van der Waals surface area contributed by atoms with E-state index in [9.17, 15) is 0 Å².